The van der Waals surface area contributed by atoms with Crippen LogP contribution in [0.1, 0.15) is 0 Å². The third-order valence-corrected chi connectivity index (χ3v) is 3.49. The van der Waals surface area contributed by atoms with E-state index >= 15 is 0 Å². The zero-order valence-electron chi connectivity index (χ0n) is 11.6. The summed E-state index contributed by atoms with van der Waals surface area (Å²) < 4.78 is 31.6. The Morgan fingerprint density at radius 3 is 1.64 bits per heavy atom. The van der Waals surface area contributed by atoms with Crippen molar-refractivity contribution in [2.75, 3.05) is 39.3 Å². The van der Waals surface area contributed by atoms with Gasteiger partial charge in [-0.15, -0.1) is 0 Å². The zero-order chi connectivity index (χ0) is 16.1. The van der Waals surface area contributed by atoms with Crippen LogP contribution in [0.15, 0.2) is 23.2 Å². The molecular formula is C12H15N3O6S. The number of nitrogens with zero attached hydrogens (tertiary/aromatic N) is 3. The number of Topliss-reactive ketones (excluding diaryl/α,β-unsaturated/α-hetero) is 1. The highest BCUT2D eigenvalue weighted by molar-refractivity contribution is 7.79. The van der Waals surface area contributed by atoms with Crippen molar-refractivity contribution in [1.29, 1.82) is 0 Å². The molecule has 1 aliphatic carbocycles. The van der Waals surface area contributed by atoms with Crippen LogP contribution in [-0.4, -0.2) is 83.1 Å². The summed E-state index contributed by atoms with van der Waals surface area (Å²) >= 11 is 0. The molecule has 0 unspecified atom stereocenters. The van der Waals surface area contributed by atoms with Crippen molar-refractivity contribution in [2.24, 2.45) is 0 Å². The smallest absolute Gasteiger partial charge is 0.365 e. The molecule has 0 aromatic rings. The van der Waals surface area contributed by atoms with Gasteiger partial charge < -0.3 is 14.7 Å². The first-order valence-electron chi connectivity index (χ1n) is 6.75. The molecule has 2 N–H and O–H groups in total. The largest absolute Gasteiger partial charge is 0.394 e. The number of ketones is 2. The maximum Gasteiger partial charge on any atom is 0.394 e. The molecule has 0 amide bonds. The highest BCUT2D eigenvalue weighted by atomic mass is 32.3. The Hall–Kier alpha value is -1.91. The van der Waals surface area contributed by atoms with Crippen molar-refractivity contribution >= 4 is 22.0 Å². The second-order valence-electron chi connectivity index (χ2n) is 5.33. The molecule has 3 saturated heterocycles. The lowest BCUT2D eigenvalue weighted by Gasteiger charge is -2.21. The van der Waals surface area contributed by atoms with E-state index in [1.807, 2.05) is 14.7 Å². The molecule has 3 heterocycles. The Labute approximate surface area is 127 Å². The van der Waals surface area contributed by atoms with Gasteiger partial charge >= 0.3 is 10.4 Å². The van der Waals surface area contributed by atoms with Crippen LogP contribution in [-0.2, 0) is 20.0 Å². The maximum atomic E-state index is 12.4. The third-order valence-electron chi connectivity index (χ3n) is 3.49. The first-order valence-corrected chi connectivity index (χ1v) is 8.15. The summed E-state index contributed by atoms with van der Waals surface area (Å²) in [5, 5.41) is 0. The summed E-state index contributed by atoms with van der Waals surface area (Å²) in [6, 6.07) is 0. The monoisotopic (exact) mass is 329 g/mol. The van der Waals surface area contributed by atoms with Gasteiger partial charge in [0.05, 0.1) is 5.70 Å². The minimum Gasteiger partial charge on any atom is -0.365 e. The van der Waals surface area contributed by atoms with Crippen molar-refractivity contribution in [2.45, 2.75) is 0 Å². The minimum atomic E-state index is -4.67. The van der Waals surface area contributed by atoms with E-state index in [1.54, 1.807) is 0 Å². The first kappa shape index (κ1) is 15.0. The lowest BCUT2D eigenvalue weighted by molar-refractivity contribution is -0.117. The fourth-order valence-corrected chi connectivity index (χ4v) is 2.28. The van der Waals surface area contributed by atoms with Crippen LogP contribution in [0.5, 0.6) is 0 Å². The summed E-state index contributed by atoms with van der Waals surface area (Å²) in [5.74, 6) is 0.0485. The molecule has 0 atom stereocenters. The van der Waals surface area contributed by atoms with Gasteiger partial charge in [0.2, 0.25) is 11.6 Å². The number of rotatable bonds is 3. The van der Waals surface area contributed by atoms with Gasteiger partial charge in [-0.25, -0.2) is 0 Å². The summed E-state index contributed by atoms with van der Waals surface area (Å²) in [4.78, 5) is 30.5. The third kappa shape index (κ3) is 3.46. The fourth-order valence-electron chi connectivity index (χ4n) is 2.28. The van der Waals surface area contributed by atoms with E-state index < -0.39 is 10.4 Å². The van der Waals surface area contributed by atoms with Crippen LogP contribution >= 0.6 is 0 Å². The van der Waals surface area contributed by atoms with E-state index in [-0.39, 0.29) is 11.6 Å². The molecule has 22 heavy (non-hydrogen) atoms. The normalized spacial score (nSPS) is 23.2. The number of carbonyl (C=O) groups is 2. The molecule has 10 heteroatoms. The van der Waals surface area contributed by atoms with Gasteiger partial charge in [-0.1, -0.05) is 0 Å². The van der Waals surface area contributed by atoms with Gasteiger partial charge in [0, 0.05) is 45.3 Å². The minimum absolute atomic E-state index is 0.00546. The molecule has 120 valence electrons. The molecule has 0 bridgehead atoms. The van der Waals surface area contributed by atoms with Crippen molar-refractivity contribution in [1.82, 2.24) is 14.7 Å². The summed E-state index contributed by atoms with van der Waals surface area (Å²) in [6.07, 6.45) is 1.52. The topological polar surface area (TPSA) is 118 Å². The standard InChI is InChI=1S/C12H13N3O2.H2O4S/c16-9-7-8(13-1-2-13)12(17)11(15-5-6-15)10(9)14-3-4-14;1-5(2,3)4/h7H,1-6H2;(H2,1,2,3,4). The average Bonchev–Trinajstić information content (AvgIpc) is 3.24. The Bertz CT molecular complexity index is 690. The second-order valence-corrected chi connectivity index (χ2v) is 6.22. The number of hydrogen-bond acceptors (Lipinski definition) is 7. The second kappa shape index (κ2) is 5.07. The van der Waals surface area contributed by atoms with E-state index in [9.17, 15) is 9.59 Å². The molecule has 0 aromatic carbocycles. The molecule has 0 saturated carbocycles. The van der Waals surface area contributed by atoms with Gasteiger partial charge in [0.25, 0.3) is 0 Å². The zero-order valence-corrected chi connectivity index (χ0v) is 12.4. The van der Waals surface area contributed by atoms with Gasteiger partial charge in [-0.2, -0.15) is 8.42 Å². The predicted molar refractivity (Wildman–Crippen MR) is 74.0 cm³/mol. The first-order chi connectivity index (χ1) is 10.3. The van der Waals surface area contributed by atoms with Gasteiger partial charge in [0.15, 0.2) is 0 Å². The molecule has 3 fully saturated rings. The fraction of sp³-hybridized carbons (Fsp3) is 0.500. The number of hydrogen-bond donors (Lipinski definition) is 2. The van der Waals surface area contributed by atoms with Crippen molar-refractivity contribution in [3.05, 3.63) is 23.2 Å². The van der Waals surface area contributed by atoms with Crippen molar-refractivity contribution in [3.8, 4) is 0 Å². The highest BCUT2D eigenvalue weighted by Gasteiger charge is 2.43. The highest BCUT2D eigenvalue weighted by Crippen LogP contribution is 2.33. The van der Waals surface area contributed by atoms with E-state index in [4.69, 9.17) is 17.5 Å². The Balaban J connectivity index is 0.000000254. The predicted octanol–water partition coefficient (Wildman–Crippen LogP) is -1.47. The summed E-state index contributed by atoms with van der Waals surface area (Å²) in [6.45, 7) is 5.41. The molecule has 4 rings (SSSR count). The molecule has 0 radical (unpaired) electrons. The maximum absolute atomic E-state index is 12.4. The lowest BCUT2D eigenvalue weighted by Crippen LogP contribution is -2.29. The van der Waals surface area contributed by atoms with Crippen molar-refractivity contribution < 1.29 is 27.1 Å². The SMILES string of the molecule is O=C1C=C(N2CC2)C(=O)C(N2CC2)=C1N1CC1.O=S(=O)(O)O. The number of carbonyl (C=O) groups excluding carboxylic acids is 2. The van der Waals surface area contributed by atoms with Crippen LogP contribution in [0.3, 0.4) is 0 Å². The van der Waals surface area contributed by atoms with Crippen LogP contribution in [0, 0.1) is 0 Å². The molecule has 0 aromatic heterocycles. The van der Waals surface area contributed by atoms with Crippen LogP contribution in [0.4, 0.5) is 0 Å². The van der Waals surface area contributed by atoms with Gasteiger partial charge in [-0.3, -0.25) is 18.7 Å². The molecule has 3 aliphatic heterocycles. The van der Waals surface area contributed by atoms with Crippen LogP contribution < -0.4 is 0 Å². The van der Waals surface area contributed by atoms with E-state index in [0.29, 0.717) is 17.1 Å². The van der Waals surface area contributed by atoms with E-state index in [1.165, 1.54) is 6.08 Å². The Morgan fingerprint density at radius 2 is 1.23 bits per heavy atom. The van der Waals surface area contributed by atoms with Crippen LogP contribution in [0.25, 0.3) is 0 Å². The quantitative estimate of drug-likeness (QED) is 0.363. The van der Waals surface area contributed by atoms with Crippen molar-refractivity contribution in [3.63, 3.8) is 0 Å². The molecule has 0 spiro atoms. The molecule has 9 nitrogen and oxygen atoms in total. The molecule has 4 aliphatic rings. The number of allylic oxidation sites excluding steroid dienone is 1. The Kier molecular flexibility index (Phi) is 3.46. The van der Waals surface area contributed by atoms with Crippen LogP contribution in [0.2, 0.25) is 0 Å². The summed E-state index contributed by atoms with van der Waals surface area (Å²) in [7, 11) is -4.67. The Morgan fingerprint density at radius 1 is 0.818 bits per heavy atom. The lowest BCUT2D eigenvalue weighted by atomic mass is 10.0. The average molecular weight is 329 g/mol. The van der Waals surface area contributed by atoms with E-state index in [2.05, 4.69) is 0 Å². The molecular weight excluding hydrogens is 314 g/mol. The van der Waals surface area contributed by atoms with E-state index in [0.717, 1.165) is 39.3 Å². The summed E-state index contributed by atoms with van der Waals surface area (Å²) in [5.41, 5.74) is 1.89. The van der Waals surface area contributed by atoms with Gasteiger partial charge in [-0.05, 0) is 0 Å². The van der Waals surface area contributed by atoms with Gasteiger partial charge in [0.1, 0.15) is 11.4 Å².